The van der Waals surface area contributed by atoms with Gasteiger partial charge in [0.2, 0.25) is 5.91 Å². The van der Waals surface area contributed by atoms with E-state index < -0.39 is 0 Å². The maximum Gasteiger partial charge on any atom is 0.231 e. The van der Waals surface area contributed by atoms with Gasteiger partial charge in [-0.25, -0.2) is 0 Å². The van der Waals surface area contributed by atoms with Gasteiger partial charge in [-0.3, -0.25) is 4.79 Å². The molecule has 0 unspecified atom stereocenters. The van der Waals surface area contributed by atoms with Crippen LogP contribution in [0.4, 0.5) is 5.69 Å². The molecule has 2 heterocycles. The summed E-state index contributed by atoms with van der Waals surface area (Å²) in [6.45, 7) is 0. The maximum atomic E-state index is 11.6. The van der Waals surface area contributed by atoms with Crippen LogP contribution < -0.4 is 4.90 Å². The van der Waals surface area contributed by atoms with Gasteiger partial charge in [-0.1, -0.05) is 5.16 Å². The second-order valence-corrected chi connectivity index (χ2v) is 5.05. The van der Waals surface area contributed by atoms with Crippen LogP contribution in [0.3, 0.4) is 0 Å². The smallest absolute Gasteiger partial charge is 0.231 e. The SMILES string of the molecule is CN1C(=O)Cc2cc(-c3onc(C#N)c3Br)ccc21. The number of anilines is 1. The summed E-state index contributed by atoms with van der Waals surface area (Å²) < 4.78 is 5.70. The van der Waals surface area contributed by atoms with Gasteiger partial charge < -0.3 is 9.42 Å². The molecule has 2 aromatic rings. The fraction of sp³-hybridized carbons (Fsp3) is 0.154. The van der Waals surface area contributed by atoms with E-state index in [1.807, 2.05) is 24.3 Å². The van der Waals surface area contributed by atoms with E-state index in [2.05, 4.69) is 21.1 Å². The minimum atomic E-state index is 0.0708. The van der Waals surface area contributed by atoms with Crippen molar-refractivity contribution in [2.75, 3.05) is 11.9 Å². The third kappa shape index (κ3) is 1.74. The second-order valence-electron chi connectivity index (χ2n) is 4.26. The minimum absolute atomic E-state index is 0.0708. The molecule has 1 aromatic heterocycles. The van der Waals surface area contributed by atoms with Crippen LogP contribution in [-0.4, -0.2) is 18.1 Å². The van der Waals surface area contributed by atoms with Crippen LogP contribution in [0, 0.1) is 11.3 Å². The minimum Gasteiger partial charge on any atom is -0.354 e. The van der Waals surface area contributed by atoms with E-state index in [0.717, 1.165) is 16.8 Å². The Morgan fingerprint density at radius 1 is 1.53 bits per heavy atom. The molecule has 0 saturated carbocycles. The summed E-state index contributed by atoms with van der Waals surface area (Å²) in [4.78, 5) is 13.3. The molecule has 0 bridgehead atoms. The summed E-state index contributed by atoms with van der Waals surface area (Å²) in [6, 6.07) is 7.55. The van der Waals surface area contributed by atoms with Crippen molar-refractivity contribution in [3.8, 4) is 17.4 Å². The number of likely N-dealkylation sites (N-methyl/N-ethyl adjacent to an activating group) is 1. The molecule has 1 aliphatic rings. The molecule has 1 amide bonds. The van der Waals surface area contributed by atoms with Gasteiger partial charge in [-0.05, 0) is 39.7 Å². The summed E-state index contributed by atoms with van der Waals surface area (Å²) in [5.74, 6) is 0.572. The number of halogens is 1. The molecule has 0 radical (unpaired) electrons. The predicted octanol–water partition coefficient (Wildman–Crippen LogP) is 2.49. The van der Waals surface area contributed by atoms with Crippen LogP contribution in [0.15, 0.2) is 27.2 Å². The number of fused-ring (bicyclic) bond motifs is 1. The molecule has 0 saturated heterocycles. The van der Waals surface area contributed by atoms with Gasteiger partial charge in [-0.15, -0.1) is 0 Å². The zero-order valence-corrected chi connectivity index (χ0v) is 11.6. The molecule has 1 aliphatic heterocycles. The van der Waals surface area contributed by atoms with Crippen LogP contribution in [0.1, 0.15) is 11.3 Å². The van der Waals surface area contributed by atoms with Crippen molar-refractivity contribution in [2.24, 2.45) is 0 Å². The molecular formula is C13H8BrN3O2. The highest BCUT2D eigenvalue weighted by Crippen LogP contribution is 2.35. The van der Waals surface area contributed by atoms with Crippen molar-refractivity contribution >= 4 is 27.5 Å². The standard InChI is InChI=1S/C13H8BrN3O2/c1-17-10-3-2-7(4-8(10)5-11(17)18)13-12(14)9(6-15)16-19-13/h2-4H,5H2,1H3. The zero-order chi connectivity index (χ0) is 13.6. The van der Waals surface area contributed by atoms with Gasteiger partial charge in [0.05, 0.1) is 6.42 Å². The molecule has 0 atom stereocenters. The van der Waals surface area contributed by atoms with Crippen LogP contribution in [0.5, 0.6) is 0 Å². The number of hydrogen-bond donors (Lipinski definition) is 0. The molecule has 5 nitrogen and oxygen atoms in total. The van der Waals surface area contributed by atoms with Crippen LogP contribution in [0.2, 0.25) is 0 Å². The number of hydrogen-bond acceptors (Lipinski definition) is 4. The third-order valence-corrected chi connectivity index (χ3v) is 3.90. The summed E-state index contributed by atoms with van der Waals surface area (Å²) in [7, 11) is 1.76. The van der Waals surface area contributed by atoms with Crippen molar-refractivity contribution in [3.05, 3.63) is 33.9 Å². The van der Waals surface area contributed by atoms with Gasteiger partial charge >= 0.3 is 0 Å². The number of rotatable bonds is 1. The van der Waals surface area contributed by atoms with E-state index in [-0.39, 0.29) is 11.6 Å². The monoisotopic (exact) mass is 317 g/mol. The number of aromatic nitrogens is 1. The lowest BCUT2D eigenvalue weighted by Crippen LogP contribution is -2.20. The first kappa shape index (κ1) is 11.9. The first-order valence-corrected chi connectivity index (χ1v) is 6.36. The Kier molecular flexibility index (Phi) is 2.64. The molecule has 6 heteroatoms. The molecule has 0 N–H and O–H groups in total. The summed E-state index contributed by atoms with van der Waals surface area (Å²) in [5, 5.41) is 12.5. The molecule has 0 aliphatic carbocycles. The molecular weight excluding hydrogens is 310 g/mol. The highest BCUT2D eigenvalue weighted by molar-refractivity contribution is 9.10. The van der Waals surface area contributed by atoms with Crippen molar-refractivity contribution in [1.29, 1.82) is 5.26 Å². The predicted molar refractivity (Wildman–Crippen MR) is 71.5 cm³/mol. The second kappa shape index (κ2) is 4.21. The average molecular weight is 318 g/mol. The van der Waals surface area contributed by atoms with E-state index in [1.54, 1.807) is 11.9 Å². The fourth-order valence-corrected chi connectivity index (χ4v) is 2.60. The molecule has 0 fully saturated rings. The summed E-state index contributed by atoms with van der Waals surface area (Å²) in [6.07, 6.45) is 0.385. The average Bonchev–Trinajstić information content (AvgIpc) is 2.91. The number of amides is 1. The lowest BCUT2D eigenvalue weighted by molar-refractivity contribution is -0.117. The number of carbonyl (C=O) groups excluding carboxylic acids is 1. The topological polar surface area (TPSA) is 70.1 Å². The number of nitriles is 1. The van der Waals surface area contributed by atoms with Crippen LogP contribution in [0.25, 0.3) is 11.3 Å². The van der Waals surface area contributed by atoms with E-state index in [0.29, 0.717) is 16.7 Å². The Morgan fingerprint density at radius 3 is 3.00 bits per heavy atom. The first-order chi connectivity index (χ1) is 9.11. The summed E-state index contributed by atoms with van der Waals surface area (Å²) in [5.41, 5.74) is 2.86. The highest BCUT2D eigenvalue weighted by Gasteiger charge is 2.25. The van der Waals surface area contributed by atoms with Crippen molar-refractivity contribution in [3.63, 3.8) is 0 Å². The largest absolute Gasteiger partial charge is 0.354 e. The Bertz CT molecular complexity index is 730. The normalized spacial score (nSPS) is 13.5. The third-order valence-electron chi connectivity index (χ3n) is 3.16. The molecule has 19 heavy (non-hydrogen) atoms. The lowest BCUT2D eigenvalue weighted by atomic mass is 10.1. The van der Waals surface area contributed by atoms with Gasteiger partial charge in [-0.2, -0.15) is 5.26 Å². The molecule has 1 aromatic carbocycles. The van der Waals surface area contributed by atoms with Gasteiger partial charge in [0, 0.05) is 18.3 Å². The Morgan fingerprint density at radius 2 is 2.32 bits per heavy atom. The quantitative estimate of drug-likeness (QED) is 0.810. The Labute approximate surface area is 117 Å². The van der Waals surface area contributed by atoms with Crippen molar-refractivity contribution < 1.29 is 9.32 Å². The molecule has 94 valence electrons. The van der Waals surface area contributed by atoms with Gasteiger partial charge in [0.25, 0.3) is 0 Å². The van der Waals surface area contributed by atoms with E-state index in [9.17, 15) is 4.79 Å². The molecule has 0 spiro atoms. The van der Waals surface area contributed by atoms with Crippen molar-refractivity contribution in [1.82, 2.24) is 5.16 Å². The van der Waals surface area contributed by atoms with E-state index in [1.165, 1.54) is 0 Å². The highest BCUT2D eigenvalue weighted by atomic mass is 79.9. The van der Waals surface area contributed by atoms with Gasteiger partial charge in [0.1, 0.15) is 10.5 Å². The number of nitrogens with zero attached hydrogens (tertiary/aromatic N) is 3. The van der Waals surface area contributed by atoms with Crippen LogP contribution in [-0.2, 0) is 11.2 Å². The Balaban J connectivity index is 2.09. The lowest BCUT2D eigenvalue weighted by Gasteiger charge is -2.09. The van der Waals surface area contributed by atoms with Crippen molar-refractivity contribution in [2.45, 2.75) is 6.42 Å². The van der Waals surface area contributed by atoms with E-state index in [4.69, 9.17) is 9.78 Å². The first-order valence-electron chi connectivity index (χ1n) is 5.57. The number of benzene rings is 1. The maximum absolute atomic E-state index is 11.6. The summed E-state index contributed by atoms with van der Waals surface area (Å²) >= 11 is 3.30. The Hall–Kier alpha value is -2.13. The fourth-order valence-electron chi connectivity index (χ4n) is 2.14. The van der Waals surface area contributed by atoms with Crippen LogP contribution >= 0.6 is 15.9 Å². The number of carbonyl (C=O) groups is 1. The van der Waals surface area contributed by atoms with Gasteiger partial charge in [0.15, 0.2) is 11.5 Å². The zero-order valence-electron chi connectivity index (χ0n) is 9.98. The van der Waals surface area contributed by atoms with E-state index >= 15 is 0 Å². The molecule has 3 rings (SSSR count).